The van der Waals surface area contributed by atoms with Gasteiger partial charge in [0.25, 0.3) is 0 Å². The fourth-order valence-corrected chi connectivity index (χ4v) is 4.81. The SMILES string of the molecule is CC(NC(=O)C1CCCCS1(=O)=O)c1nc(C(=O)O)cs1. The Morgan fingerprint density at radius 3 is 2.76 bits per heavy atom. The molecule has 1 fully saturated rings. The number of aromatic carboxylic acids is 1. The molecule has 2 N–H and O–H groups in total. The monoisotopic (exact) mass is 332 g/mol. The maximum atomic E-state index is 12.1. The second kappa shape index (κ2) is 6.10. The molecule has 21 heavy (non-hydrogen) atoms. The maximum Gasteiger partial charge on any atom is 0.355 e. The normalized spacial score (nSPS) is 22.4. The topological polar surface area (TPSA) is 113 Å². The second-order valence-electron chi connectivity index (χ2n) is 4.96. The molecule has 1 aromatic heterocycles. The van der Waals surface area contributed by atoms with E-state index >= 15 is 0 Å². The third kappa shape index (κ3) is 3.59. The van der Waals surface area contributed by atoms with Gasteiger partial charge in [-0.1, -0.05) is 6.42 Å². The van der Waals surface area contributed by atoms with Gasteiger partial charge in [0, 0.05) is 5.38 Å². The van der Waals surface area contributed by atoms with Crippen LogP contribution in [-0.4, -0.2) is 41.4 Å². The molecule has 1 amide bonds. The zero-order valence-corrected chi connectivity index (χ0v) is 13.0. The smallest absolute Gasteiger partial charge is 0.355 e. The fourth-order valence-electron chi connectivity index (χ4n) is 2.20. The summed E-state index contributed by atoms with van der Waals surface area (Å²) in [7, 11) is -3.38. The number of carbonyl (C=O) groups is 2. The van der Waals surface area contributed by atoms with Gasteiger partial charge in [-0.05, 0) is 19.8 Å². The Kier molecular flexibility index (Phi) is 4.62. The lowest BCUT2D eigenvalue weighted by molar-refractivity contribution is -0.121. The number of hydrogen-bond acceptors (Lipinski definition) is 6. The minimum absolute atomic E-state index is 0.0415. The number of amides is 1. The van der Waals surface area contributed by atoms with Gasteiger partial charge in [0.15, 0.2) is 15.5 Å². The van der Waals surface area contributed by atoms with Crippen molar-refractivity contribution in [3.05, 3.63) is 16.1 Å². The Morgan fingerprint density at radius 1 is 1.48 bits per heavy atom. The molecule has 0 spiro atoms. The van der Waals surface area contributed by atoms with Crippen LogP contribution in [-0.2, 0) is 14.6 Å². The highest BCUT2D eigenvalue weighted by Crippen LogP contribution is 2.22. The van der Waals surface area contributed by atoms with E-state index in [-0.39, 0.29) is 11.4 Å². The molecule has 2 unspecified atom stereocenters. The van der Waals surface area contributed by atoms with Gasteiger partial charge in [-0.15, -0.1) is 11.3 Å². The average molecular weight is 332 g/mol. The van der Waals surface area contributed by atoms with Gasteiger partial charge in [0.2, 0.25) is 5.91 Å². The van der Waals surface area contributed by atoms with Crippen LogP contribution in [0.4, 0.5) is 0 Å². The predicted molar refractivity (Wildman–Crippen MR) is 77.1 cm³/mol. The lowest BCUT2D eigenvalue weighted by Gasteiger charge is -2.22. The summed E-state index contributed by atoms with van der Waals surface area (Å²) in [5.41, 5.74) is -0.0820. The van der Waals surface area contributed by atoms with Gasteiger partial charge in [0.1, 0.15) is 10.3 Å². The molecular weight excluding hydrogens is 316 g/mol. The summed E-state index contributed by atoms with van der Waals surface area (Å²) in [6, 6.07) is -0.521. The zero-order valence-electron chi connectivity index (χ0n) is 11.4. The van der Waals surface area contributed by atoms with Crippen LogP contribution in [0, 0.1) is 0 Å². The summed E-state index contributed by atoms with van der Waals surface area (Å²) in [5.74, 6) is -1.62. The summed E-state index contributed by atoms with van der Waals surface area (Å²) in [4.78, 5) is 26.8. The molecule has 2 rings (SSSR count). The molecule has 0 radical (unpaired) electrons. The van der Waals surface area contributed by atoms with Crippen LogP contribution < -0.4 is 5.32 Å². The van der Waals surface area contributed by atoms with E-state index in [2.05, 4.69) is 10.3 Å². The van der Waals surface area contributed by atoms with E-state index in [0.29, 0.717) is 24.3 Å². The first-order valence-corrected chi connectivity index (χ1v) is 9.11. The van der Waals surface area contributed by atoms with Crippen LogP contribution in [0.3, 0.4) is 0 Å². The molecule has 1 aliphatic heterocycles. The zero-order chi connectivity index (χ0) is 15.6. The van der Waals surface area contributed by atoms with Crippen molar-refractivity contribution >= 4 is 33.1 Å². The number of nitrogens with one attached hydrogen (secondary N) is 1. The van der Waals surface area contributed by atoms with Crippen LogP contribution in [0.15, 0.2) is 5.38 Å². The number of nitrogens with zero attached hydrogens (tertiary/aromatic N) is 1. The Morgan fingerprint density at radius 2 is 2.19 bits per heavy atom. The molecule has 0 aliphatic carbocycles. The molecule has 2 atom stereocenters. The van der Waals surface area contributed by atoms with E-state index < -0.39 is 33.0 Å². The second-order valence-corrected chi connectivity index (χ2v) is 8.15. The average Bonchev–Trinajstić information content (AvgIpc) is 2.87. The Labute approximate surface area is 126 Å². The Balaban J connectivity index is 2.06. The number of thiazole rings is 1. The summed E-state index contributed by atoms with van der Waals surface area (Å²) < 4.78 is 23.8. The Bertz CT molecular complexity index is 652. The highest BCUT2D eigenvalue weighted by Gasteiger charge is 2.35. The van der Waals surface area contributed by atoms with Crippen molar-refractivity contribution in [2.45, 2.75) is 37.5 Å². The van der Waals surface area contributed by atoms with E-state index in [1.54, 1.807) is 6.92 Å². The molecule has 0 saturated carbocycles. The van der Waals surface area contributed by atoms with Gasteiger partial charge in [0.05, 0.1) is 11.8 Å². The first-order chi connectivity index (χ1) is 9.81. The molecular formula is C12H16N2O5S2. The van der Waals surface area contributed by atoms with E-state index in [0.717, 1.165) is 11.3 Å². The van der Waals surface area contributed by atoms with Gasteiger partial charge in [-0.25, -0.2) is 18.2 Å². The number of rotatable bonds is 4. The van der Waals surface area contributed by atoms with Crippen LogP contribution in [0.25, 0.3) is 0 Å². The largest absolute Gasteiger partial charge is 0.476 e. The van der Waals surface area contributed by atoms with Gasteiger partial charge in [-0.2, -0.15) is 0 Å². The molecule has 0 bridgehead atoms. The molecule has 1 saturated heterocycles. The van der Waals surface area contributed by atoms with Crippen molar-refractivity contribution in [1.82, 2.24) is 10.3 Å². The molecule has 2 heterocycles. The van der Waals surface area contributed by atoms with E-state index in [1.807, 2.05) is 0 Å². The van der Waals surface area contributed by atoms with E-state index in [1.165, 1.54) is 5.38 Å². The van der Waals surface area contributed by atoms with Gasteiger partial charge < -0.3 is 10.4 Å². The van der Waals surface area contributed by atoms with Crippen molar-refractivity contribution in [3.63, 3.8) is 0 Å². The van der Waals surface area contributed by atoms with Gasteiger partial charge in [-0.3, -0.25) is 4.79 Å². The standard InChI is InChI=1S/C12H16N2O5S2/c1-7(11-14-8(6-20-11)12(16)17)13-10(15)9-4-2-3-5-21(9,18)19/h6-7,9H,2-5H2,1H3,(H,13,15)(H,16,17). The molecule has 1 aliphatic rings. The Hall–Kier alpha value is -1.48. The fraction of sp³-hybridized carbons (Fsp3) is 0.583. The van der Waals surface area contributed by atoms with Crippen molar-refractivity contribution in [2.24, 2.45) is 0 Å². The summed E-state index contributed by atoms with van der Waals surface area (Å²) in [6.45, 7) is 1.65. The van der Waals surface area contributed by atoms with Crippen molar-refractivity contribution in [2.75, 3.05) is 5.75 Å². The summed E-state index contributed by atoms with van der Waals surface area (Å²) >= 11 is 1.12. The molecule has 0 aromatic carbocycles. The van der Waals surface area contributed by atoms with Crippen LogP contribution >= 0.6 is 11.3 Å². The first-order valence-electron chi connectivity index (χ1n) is 6.52. The number of carboxylic acid groups (broad SMARTS) is 1. The van der Waals surface area contributed by atoms with Crippen molar-refractivity contribution in [3.8, 4) is 0 Å². The number of aromatic nitrogens is 1. The number of hydrogen-bond donors (Lipinski definition) is 2. The third-order valence-corrected chi connectivity index (χ3v) is 6.54. The van der Waals surface area contributed by atoms with Gasteiger partial charge >= 0.3 is 5.97 Å². The van der Waals surface area contributed by atoms with E-state index in [4.69, 9.17) is 5.11 Å². The summed E-state index contributed by atoms with van der Waals surface area (Å²) in [6.07, 6.45) is 1.64. The first kappa shape index (κ1) is 15.9. The van der Waals surface area contributed by atoms with E-state index in [9.17, 15) is 18.0 Å². The summed E-state index contributed by atoms with van der Waals surface area (Å²) in [5, 5.41) is 12.2. The third-order valence-electron chi connectivity index (χ3n) is 3.34. The number of carbonyl (C=O) groups excluding carboxylic acids is 1. The quantitative estimate of drug-likeness (QED) is 0.850. The lowest BCUT2D eigenvalue weighted by Crippen LogP contribution is -2.43. The van der Waals surface area contributed by atoms with Crippen molar-refractivity contribution < 1.29 is 23.1 Å². The minimum atomic E-state index is -3.38. The predicted octanol–water partition coefficient (Wildman–Crippen LogP) is 0.986. The molecule has 1 aromatic rings. The molecule has 7 nitrogen and oxygen atoms in total. The minimum Gasteiger partial charge on any atom is -0.476 e. The van der Waals surface area contributed by atoms with Crippen LogP contribution in [0.5, 0.6) is 0 Å². The maximum absolute atomic E-state index is 12.1. The number of carboxylic acids is 1. The van der Waals surface area contributed by atoms with Crippen molar-refractivity contribution in [1.29, 1.82) is 0 Å². The molecule has 116 valence electrons. The van der Waals surface area contributed by atoms with Crippen LogP contribution in [0.1, 0.15) is 47.7 Å². The lowest BCUT2D eigenvalue weighted by atomic mass is 10.1. The highest BCUT2D eigenvalue weighted by atomic mass is 32.2. The van der Waals surface area contributed by atoms with Crippen LogP contribution in [0.2, 0.25) is 0 Å². The molecule has 9 heteroatoms. The highest BCUT2D eigenvalue weighted by molar-refractivity contribution is 7.92. The number of sulfone groups is 1.